The first-order chi connectivity index (χ1) is 11.3. The minimum atomic E-state index is -4.46. The van der Waals surface area contributed by atoms with Crippen molar-refractivity contribution in [1.82, 2.24) is 5.32 Å². The van der Waals surface area contributed by atoms with E-state index in [2.05, 4.69) is 5.32 Å². The van der Waals surface area contributed by atoms with Gasteiger partial charge in [0, 0.05) is 9.75 Å². The molecule has 0 radical (unpaired) electrons. The quantitative estimate of drug-likeness (QED) is 0.727. The van der Waals surface area contributed by atoms with E-state index in [9.17, 15) is 28.2 Å². The van der Waals surface area contributed by atoms with Crippen LogP contribution in [-0.2, 0) is 19.4 Å². The first kappa shape index (κ1) is 17.1. The summed E-state index contributed by atoms with van der Waals surface area (Å²) in [5, 5.41) is 21.6. The van der Waals surface area contributed by atoms with E-state index in [0.29, 0.717) is 9.75 Å². The molecule has 4 atom stereocenters. The van der Waals surface area contributed by atoms with Gasteiger partial charge in [0.1, 0.15) is 0 Å². The molecule has 1 fully saturated rings. The molecule has 0 aliphatic carbocycles. The van der Waals surface area contributed by atoms with Gasteiger partial charge in [-0.2, -0.15) is 0 Å². The van der Waals surface area contributed by atoms with E-state index in [1.165, 1.54) is 22.7 Å². The van der Waals surface area contributed by atoms with Crippen molar-refractivity contribution < 1.29 is 28.2 Å². The van der Waals surface area contributed by atoms with E-state index in [4.69, 9.17) is 0 Å². The first-order valence-electron chi connectivity index (χ1n) is 6.85. The summed E-state index contributed by atoms with van der Waals surface area (Å²) in [6.07, 6.45) is 0. The highest BCUT2D eigenvalue weighted by Crippen LogP contribution is 2.40. The standard InChI is InChI=1S/C14H13NO6S3/c16-13(17)11-9(7-3-1-5-22-7)15-10(8-4-2-6-23-8)12(14(18)19)24(11,20)21/h1-6,9-12,15H,(H,16,17)(H,18,19)/t9-,10+,11-,12-/m0/s1. The van der Waals surface area contributed by atoms with Crippen LogP contribution >= 0.6 is 22.7 Å². The lowest BCUT2D eigenvalue weighted by Gasteiger charge is -2.38. The van der Waals surface area contributed by atoms with E-state index in [1.807, 2.05) is 0 Å². The summed E-state index contributed by atoms with van der Waals surface area (Å²) in [7, 11) is -4.46. The van der Waals surface area contributed by atoms with Crippen LogP contribution in [0.4, 0.5) is 0 Å². The Morgan fingerprint density at radius 2 is 1.33 bits per heavy atom. The maximum absolute atomic E-state index is 12.8. The van der Waals surface area contributed by atoms with Crippen molar-refractivity contribution in [2.75, 3.05) is 0 Å². The molecule has 24 heavy (non-hydrogen) atoms. The number of aliphatic carboxylic acids is 2. The van der Waals surface area contributed by atoms with E-state index in [-0.39, 0.29) is 0 Å². The van der Waals surface area contributed by atoms with Crippen molar-refractivity contribution in [3.63, 3.8) is 0 Å². The molecule has 3 rings (SSSR count). The van der Waals surface area contributed by atoms with Gasteiger partial charge >= 0.3 is 11.9 Å². The molecule has 128 valence electrons. The second kappa shape index (κ2) is 6.28. The number of carboxylic acids is 2. The molecule has 1 aliphatic rings. The third kappa shape index (κ3) is 2.75. The fourth-order valence-corrected chi connectivity index (χ4v) is 6.77. The van der Waals surface area contributed by atoms with Crippen LogP contribution < -0.4 is 5.32 Å². The number of thiophene rings is 2. The first-order valence-corrected chi connectivity index (χ1v) is 10.2. The summed E-state index contributed by atoms with van der Waals surface area (Å²) in [6.45, 7) is 0. The lowest BCUT2D eigenvalue weighted by Crippen LogP contribution is -2.58. The Kier molecular flexibility index (Phi) is 4.47. The summed E-state index contributed by atoms with van der Waals surface area (Å²) in [5.41, 5.74) is 0. The fourth-order valence-electron chi connectivity index (χ4n) is 2.87. The van der Waals surface area contributed by atoms with Gasteiger partial charge in [0.15, 0.2) is 20.3 Å². The number of rotatable bonds is 4. The summed E-state index contributed by atoms with van der Waals surface area (Å²) >= 11 is 2.45. The van der Waals surface area contributed by atoms with Crippen LogP contribution in [0.2, 0.25) is 0 Å². The second-order valence-electron chi connectivity index (χ2n) is 5.26. The molecule has 1 saturated heterocycles. The molecular weight excluding hydrogens is 374 g/mol. The van der Waals surface area contributed by atoms with Crippen LogP contribution in [0.3, 0.4) is 0 Å². The van der Waals surface area contributed by atoms with Crippen molar-refractivity contribution in [2.24, 2.45) is 0 Å². The number of carbonyl (C=O) groups is 2. The number of nitrogens with one attached hydrogen (secondary N) is 1. The van der Waals surface area contributed by atoms with Crippen LogP contribution in [0.15, 0.2) is 35.0 Å². The minimum absolute atomic E-state index is 0.538. The Morgan fingerprint density at radius 3 is 1.62 bits per heavy atom. The average molecular weight is 387 g/mol. The van der Waals surface area contributed by atoms with Gasteiger partial charge in [-0.1, -0.05) is 12.1 Å². The summed E-state index contributed by atoms with van der Waals surface area (Å²) in [5.74, 6) is -3.12. The normalized spacial score (nSPS) is 29.2. The molecule has 0 bridgehead atoms. The molecule has 0 amide bonds. The van der Waals surface area contributed by atoms with E-state index < -0.39 is 44.4 Å². The van der Waals surface area contributed by atoms with Crippen molar-refractivity contribution in [2.45, 2.75) is 22.6 Å². The van der Waals surface area contributed by atoms with Gasteiger partial charge in [-0.15, -0.1) is 22.7 Å². The van der Waals surface area contributed by atoms with Gasteiger partial charge in [-0.05, 0) is 22.9 Å². The Balaban J connectivity index is 2.16. The van der Waals surface area contributed by atoms with Gasteiger partial charge in [0.25, 0.3) is 0 Å². The molecule has 0 saturated carbocycles. The molecule has 3 N–H and O–H groups in total. The van der Waals surface area contributed by atoms with Crippen LogP contribution in [0.25, 0.3) is 0 Å². The lowest BCUT2D eigenvalue weighted by molar-refractivity contribution is -0.138. The molecule has 2 aromatic rings. The number of hydrogen-bond acceptors (Lipinski definition) is 7. The monoisotopic (exact) mass is 387 g/mol. The zero-order valence-electron chi connectivity index (χ0n) is 12.0. The van der Waals surface area contributed by atoms with Gasteiger partial charge < -0.3 is 10.2 Å². The SMILES string of the molecule is O=C(O)[C@@H]1[C@@H](c2cccs2)N[C@@H](c2cccs2)[C@@H](C(=O)O)S1(=O)=O. The smallest absolute Gasteiger partial charge is 0.323 e. The molecule has 0 unspecified atom stereocenters. The summed E-state index contributed by atoms with van der Waals surface area (Å²) in [4.78, 5) is 24.3. The number of carboxylic acid groups (broad SMARTS) is 2. The number of sulfone groups is 1. The Bertz CT molecular complexity index is 779. The third-order valence-corrected chi connectivity index (χ3v) is 8.13. The van der Waals surface area contributed by atoms with Crippen LogP contribution in [0, 0.1) is 0 Å². The molecule has 0 spiro atoms. The maximum Gasteiger partial charge on any atom is 0.323 e. The van der Waals surface area contributed by atoms with Gasteiger partial charge in [-0.3, -0.25) is 14.9 Å². The number of hydrogen-bond donors (Lipinski definition) is 3. The Labute approximate surface area is 145 Å². The van der Waals surface area contributed by atoms with Crippen molar-refractivity contribution >= 4 is 44.4 Å². The molecule has 3 heterocycles. The van der Waals surface area contributed by atoms with Crippen molar-refractivity contribution in [3.8, 4) is 0 Å². The summed E-state index contributed by atoms with van der Waals surface area (Å²) in [6, 6.07) is 4.65. The van der Waals surface area contributed by atoms with E-state index in [0.717, 1.165) is 0 Å². The molecule has 0 aromatic carbocycles. The predicted molar refractivity (Wildman–Crippen MR) is 89.0 cm³/mol. The van der Waals surface area contributed by atoms with Crippen LogP contribution in [-0.4, -0.2) is 41.1 Å². The van der Waals surface area contributed by atoms with Gasteiger partial charge in [0.05, 0.1) is 12.1 Å². The van der Waals surface area contributed by atoms with Crippen LogP contribution in [0.1, 0.15) is 21.8 Å². The van der Waals surface area contributed by atoms with Gasteiger partial charge in [0.2, 0.25) is 0 Å². The second-order valence-corrected chi connectivity index (χ2v) is 9.41. The minimum Gasteiger partial charge on any atom is -0.480 e. The molecule has 1 aliphatic heterocycles. The topological polar surface area (TPSA) is 121 Å². The molecular formula is C14H13NO6S3. The average Bonchev–Trinajstić information content (AvgIpc) is 3.17. The molecule has 10 heteroatoms. The van der Waals surface area contributed by atoms with Gasteiger partial charge in [-0.25, -0.2) is 8.42 Å². The third-order valence-electron chi connectivity index (χ3n) is 3.86. The van der Waals surface area contributed by atoms with E-state index >= 15 is 0 Å². The van der Waals surface area contributed by atoms with Crippen molar-refractivity contribution in [3.05, 3.63) is 44.8 Å². The zero-order chi connectivity index (χ0) is 17.5. The lowest BCUT2D eigenvalue weighted by atomic mass is 10.1. The van der Waals surface area contributed by atoms with Crippen LogP contribution in [0.5, 0.6) is 0 Å². The molecule has 7 nitrogen and oxygen atoms in total. The largest absolute Gasteiger partial charge is 0.480 e. The highest BCUT2D eigenvalue weighted by Gasteiger charge is 2.56. The Morgan fingerprint density at radius 1 is 0.917 bits per heavy atom. The highest BCUT2D eigenvalue weighted by molar-refractivity contribution is 7.94. The van der Waals surface area contributed by atoms with E-state index in [1.54, 1.807) is 35.0 Å². The maximum atomic E-state index is 12.8. The fraction of sp³-hybridized carbons (Fsp3) is 0.286. The highest BCUT2D eigenvalue weighted by atomic mass is 32.2. The Hall–Kier alpha value is -1.75. The predicted octanol–water partition coefficient (Wildman–Crippen LogP) is 1.52. The zero-order valence-corrected chi connectivity index (χ0v) is 14.5. The molecule has 2 aromatic heterocycles. The van der Waals surface area contributed by atoms with Crippen molar-refractivity contribution in [1.29, 1.82) is 0 Å². The summed E-state index contributed by atoms with van der Waals surface area (Å²) < 4.78 is 25.6.